The van der Waals surface area contributed by atoms with E-state index in [-0.39, 0.29) is 11.6 Å². The van der Waals surface area contributed by atoms with Gasteiger partial charge in [-0.15, -0.1) is 0 Å². The monoisotopic (exact) mass is 279 g/mol. The van der Waals surface area contributed by atoms with Gasteiger partial charge in [-0.25, -0.2) is 4.98 Å². The molecule has 0 saturated heterocycles. The van der Waals surface area contributed by atoms with Crippen molar-refractivity contribution in [3.63, 3.8) is 0 Å². The van der Waals surface area contributed by atoms with E-state index < -0.39 is 0 Å². The van der Waals surface area contributed by atoms with Crippen molar-refractivity contribution in [2.75, 3.05) is 5.73 Å². The first-order valence-electron chi connectivity index (χ1n) is 4.88. The van der Waals surface area contributed by atoms with Gasteiger partial charge in [0.15, 0.2) is 0 Å². The van der Waals surface area contributed by atoms with Crippen LogP contribution in [0, 0.1) is 11.3 Å². The van der Waals surface area contributed by atoms with Crippen LogP contribution >= 0.6 is 23.2 Å². The number of anilines is 1. The molecule has 0 saturated carbocycles. The molecule has 0 spiro atoms. The smallest absolute Gasteiger partial charge is 0.242 e. The van der Waals surface area contributed by atoms with Gasteiger partial charge in [0.1, 0.15) is 11.8 Å². The SMILES string of the molecule is N#Cc1cnc(Oc2cc(Cl)ccc2Cl)c(N)c1. The lowest BCUT2D eigenvalue weighted by molar-refractivity contribution is 0.466. The molecule has 0 amide bonds. The summed E-state index contributed by atoms with van der Waals surface area (Å²) in [6.07, 6.45) is 1.37. The Morgan fingerprint density at radius 2 is 2.06 bits per heavy atom. The van der Waals surface area contributed by atoms with Gasteiger partial charge >= 0.3 is 0 Å². The normalized spacial score (nSPS) is 9.83. The third-order valence-electron chi connectivity index (χ3n) is 2.11. The lowest BCUT2D eigenvalue weighted by atomic mass is 10.3. The van der Waals surface area contributed by atoms with Crippen molar-refractivity contribution in [2.24, 2.45) is 0 Å². The molecule has 2 N–H and O–H groups in total. The van der Waals surface area contributed by atoms with E-state index in [0.717, 1.165) is 0 Å². The van der Waals surface area contributed by atoms with Gasteiger partial charge in [-0.3, -0.25) is 0 Å². The molecule has 0 atom stereocenters. The van der Waals surface area contributed by atoms with Crippen molar-refractivity contribution in [2.45, 2.75) is 0 Å². The van der Waals surface area contributed by atoms with E-state index in [1.807, 2.05) is 6.07 Å². The minimum Gasteiger partial charge on any atom is -0.435 e. The third kappa shape index (κ3) is 2.65. The predicted molar refractivity (Wildman–Crippen MR) is 69.9 cm³/mol. The summed E-state index contributed by atoms with van der Waals surface area (Å²) < 4.78 is 5.46. The lowest BCUT2D eigenvalue weighted by Gasteiger charge is -2.08. The van der Waals surface area contributed by atoms with Crippen molar-refractivity contribution in [3.8, 4) is 17.7 Å². The van der Waals surface area contributed by atoms with Gasteiger partial charge in [0.2, 0.25) is 5.88 Å². The predicted octanol–water partition coefficient (Wildman–Crippen LogP) is 3.63. The molecule has 90 valence electrons. The van der Waals surface area contributed by atoms with E-state index in [0.29, 0.717) is 21.4 Å². The topological polar surface area (TPSA) is 71.9 Å². The number of nitriles is 1. The average molecular weight is 280 g/mol. The van der Waals surface area contributed by atoms with E-state index in [1.165, 1.54) is 12.3 Å². The highest BCUT2D eigenvalue weighted by Gasteiger charge is 2.08. The van der Waals surface area contributed by atoms with Crippen molar-refractivity contribution in [3.05, 3.63) is 46.1 Å². The first-order chi connectivity index (χ1) is 8.60. The number of nitrogens with two attached hydrogens (primary N) is 1. The van der Waals surface area contributed by atoms with Crippen LogP contribution in [0.5, 0.6) is 11.6 Å². The molecule has 1 aromatic heterocycles. The van der Waals surface area contributed by atoms with Crippen LogP contribution in [0.25, 0.3) is 0 Å². The second kappa shape index (κ2) is 5.13. The second-order valence-corrected chi connectivity index (χ2v) is 4.25. The molecule has 0 fully saturated rings. The summed E-state index contributed by atoms with van der Waals surface area (Å²) in [4.78, 5) is 3.94. The Labute approximate surface area is 114 Å². The summed E-state index contributed by atoms with van der Waals surface area (Å²) in [5.41, 5.74) is 6.33. The Kier molecular flexibility index (Phi) is 3.56. The molecule has 6 heteroatoms. The Hall–Kier alpha value is -1.96. The highest BCUT2D eigenvalue weighted by atomic mass is 35.5. The molecular weight excluding hydrogens is 273 g/mol. The molecule has 4 nitrogen and oxygen atoms in total. The van der Waals surface area contributed by atoms with E-state index in [1.54, 1.807) is 18.2 Å². The standard InChI is InChI=1S/C12H7Cl2N3O/c13-8-1-2-9(14)11(4-8)18-12-10(16)3-7(5-15)6-17-12/h1-4,6H,16H2. The van der Waals surface area contributed by atoms with Gasteiger partial charge in [0, 0.05) is 17.3 Å². The van der Waals surface area contributed by atoms with Crippen LogP contribution in [0.4, 0.5) is 5.69 Å². The number of rotatable bonds is 2. The lowest BCUT2D eigenvalue weighted by Crippen LogP contribution is -1.96. The highest BCUT2D eigenvalue weighted by Crippen LogP contribution is 2.33. The van der Waals surface area contributed by atoms with Crippen molar-refractivity contribution >= 4 is 28.9 Å². The third-order valence-corrected chi connectivity index (χ3v) is 2.66. The zero-order valence-corrected chi connectivity index (χ0v) is 10.5. The van der Waals surface area contributed by atoms with Gasteiger partial charge in [-0.1, -0.05) is 23.2 Å². The van der Waals surface area contributed by atoms with E-state index >= 15 is 0 Å². The molecule has 0 aliphatic rings. The molecule has 0 bridgehead atoms. The highest BCUT2D eigenvalue weighted by molar-refractivity contribution is 6.34. The number of halogens is 2. The van der Waals surface area contributed by atoms with Crippen LogP contribution in [0.1, 0.15) is 5.56 Å². The number of nitrogens with zero attached hydrogens (tertiary/aromatic N) is 2. The molecule has 1 aromatic carbocycles. The fourth-order valence-corrected chi connectivity index (χ4v) is 1.59. The largest absolute Gasteiger partial charge is 0.435 e. The summed E-state index contributed by atoms with van der Waals surface area (Å²) in [5.74, 6) is 0.534. The summed E-state index contributed by atoms with van der Waals surface area (Å²) in [6, 6.07) is 8.22. The Morgan fingerprint density at radius 1 is 1.28 bits per heavy atom. The maximum absolute atomic E-state index is 8.70. The van der Waals surface area contributed by atoms with Crippen molar-refractivity contribution < 1.29 is 4.74 Å². The van der Waals surface area contributed by atoms with Gasteiger partial charge in [0.05, 0.1) is 16.3 Å². The molecule has 0 radical (unpaired) electrons. The molecular formula is C12H7Cl2N3O. The minimum absolute atomic E-state index is 0.179. The number of pyridine rings is 1. The van der Waals surface area contributed by atoms with E-state index in [9.17, 15) is 0 Å². The summed E-state index contributed by atoms with van der Waals surface area (Å²) >= 11 is 11.8. The average Bonchev–Trinajstić information content (AvgIpc) is 2.36. The van der Waals surface area contributed by atoms with Crippen LogP contribution in [0.3, 0.4) is 0 Å². The zero-order valence-electron chi connectivity index (χ0n) is 9.02. The second-order valence-electron chi connectivity index (χ2n) is 3.41. The maximum Gasteiger partial charge on any atom is 0.242 e. The molecule has 1 heterocycles. The Balaban J connectivity index is 2.34. The zero-order chi connectivity index (χ0) is 13.1. The summed E-state index contributed by atoms with van der Waals surface area (Å²) in [7, 11) is 0. The summed E-state index contributed by atoms with van der Waals surface area (Å²) in [5, 5.41) is 9.58. The fourth-order valence-electron chi connectivity index (χ4n) is 1.28. The van der Waals surface area contributed by atoms with Gasteiger partial charge in [-0.2, -0.15) is 5.26 Å². The number of nitrogen functional groups attached to an aromatic ring is 1. The van der Waals surface area contributed by atoms with Crippen LogP contribution in [-0.2, 0) is 0 Å². The quantitative estimate of drug-likeness (QED) is 0.911. The number of ether oxygens (including phenoxy) is 1. The molecule has 18 heavy (non-hydrogen) atoms. The minimum atomic E-state index is 0.179. The van der Waals surface area contributed by atoms with Crippen LogP contribution in [0.2, 0.25) is 10.0 Å². The first kappa shape index (κ1) is 12.5. The molecule has 0 aliphatic heterocycles. The molecule has 2 rings (SSSR count). The molecule has 2 aromatic rings. The number of hydrogen-bond donors (Lipinski definition) is 1. The molecule has 0 unspecified atom stereocenters. The summed E-state index contributed by atoms with van der Waals surface area (Å²) in [6.45, 7) is 0. The first-order valence-corrected chi connectivity index (χ1v) is 5.64. The van der Waals surface area contributed by atoms with Gasteiger partial charge in [0.25, 0.3) is 0 Å². The van der Waals surface area contributed by atoms with Crippen molar-refractivity contribution in [1.82, 2.24) is 4.98 Å². The number of hydrogen-bond acceptors (Lipinski definition) is 4. The number of aromatic nitrogens is 1. The van der Waals surface area contributed by atoms with Crippen LogP contribution in [0.15, 0.2) is 30.5 Å². The fraction of sp³-hybridized carbons (Fsp3) is 0. The van der Waals surface area contributed by atoms with Crippen LogP contribution in [-0.4, -0.2) is 4.98 Å². The van der Waals surface area contributed by atoms with E-state index in [4.69, 9.17) is 38.9 Å². The Morgan fingerprint density at radius 3 is 2.72 bits per heavy atom. The Bertz CT molecular complexity index is 638. The maximum atomic E-state index is 8.70. The van der Waals surface area contributed by atoms with Crippen molar-refractivity contribution in [1.29, 1.82) is 5.26 Å². The van der Waals surface area contributed by atoms with Gasteiger partial charge in [-0.05, 0) is 18.2 Å². The molecule has 0 aliphatic carbocycles. The van der Waals surface area contributed by atoms with Crippen LogP contribution < -0.4 is 10.5 Å². The van der Waals surface area contributed by atoms with E-state index in [2.05, 4.69) is 4.98 Å². The number of benzene rings is 1. The van der Waals surface area contributed by atoms with Gasteiger partial charge < -0.3 is 10.5 Å².